The molecule has 1 fully saturated rings. The molecule has 2 aliphatic carbocycles. The van der Waals surface area contributed by atoms with Crippen LogP contribution < -0.4 is 5.32 Å². The number of hydrogen-bond acceptors (Lipinski definition) is 5. The Balaban J connectivity index is 1.32. The summed E-state index contributed by atoms with van der Waals surface area (Å²) in [6.45, 7) is -0.0177. The molecule has 1 saturated carbocycles. The smallest absolute Gasteiger partial charge is 0.407 e. The number of hydroxylamine groups is 2. The fraction of sp³-hybridized carbons (Fsp3) is 0.423. The Hall–Kier alpha value is -3.39. The second kappa shape index (κ2) is 10.7. The number of amides is 2. The summed E-state index contributed by atoms with van der Waals surface area (Å²) in [4.78, 5) is 41.0. The molecule has 2 amide bonds. The molecule has 0 saturated heterocycles. The van der Waals surface area contributed by atoms with Gasteiger partial charge in [-0.05, 0) is 41.0 Å². The van der Waals surface area contributed by atoms with E-state index in [4.69, 9.17) is 14.7 Å². The van der Waals surface area contributed by atoms with Crippen LogP contribution in [0.3, 0.4) is 0 Å². The van der Waals surface area contributed by atoms with E-state index in [1.807, 2.05) is 24.3 Å². The van der Waals surface area contributed by atoms with E-state index >= 15 is 0 Å². The number of rotatable bonds is 8. The van der Waals surface area contributed by atoms with Crippen LogP contribution in [0, 0.1) is 11.8 Å². The minimum Gasteiger partial charge on any atom is -0.479 e. The Kier molecular flexibility index (Phi) is 7.47. The van der Waals surface area contributed by atoms with E-state index in [1.165, 1.54) is 18.2 Å². The maximum atomic E-state index is 12.8. The molecule has 2 unspecified atom stereocenters. The second-order valence-corrected chi connectivity index (χ2v) is 8.86. The molecule has 2 atom stereocenters. The molecule has 0 radical (unpaired) electrons. The maximum Gasteiger partial charge on any atom is 0.407 e. The third-order valence-electron chi connectivity index (χ3n) is 6.77. The largest absolute Gasteiger partial charge is 0.479 e. The Morgan fingerprint density at radius 3 is 2.26 bits per heavy atom. The summed E-state index contributed by atoms with van der Waals surface area (Å²) in [5, 5.41) is 12.6. The first-order valence-electron chi connectivity index (χ1n) is 11.7. The quantitative estimate of drug-likeness (QED) is 0.574. The Bertz CT molecular complexity index is 1010. The van der Waals surface area contributed by atoms with E-state index in [-0.39, 0.29) is 30.3 Å². The van der Waals surface area contributed by atoms with Gasteiger partial charge in [0.25, 0.3) is 0 Å². The van der Waals surface area contributed by atoms with Crippen LogP contribution in [0.5, 0.6) is 0 Å². The summed E-state index contributed by atoms with van der Waals surface area (Å²) in [5.74, 6) is -1.81. The van der Waals surface area contributed by atoms with Crippen LogP contribution in [0.4, 0.5) is 4.79 Å². The molecule has 4 rings (SSSR count). The monoisotopic (exact) mass is 466 g/mol. The highest BCUT2D eigenvalue weighted by atomic mass is 16.7. The van der Waals surface area contributed by atoms with Gasteiger partial charge in [-0.3, -0.25) is 9.63 Å². The normalized spacial score (nSPS) is 19.1. The van der Waals surface area contributed by atoms with Gasteiger partial charge in [0.2, 0.25) is 5.91 Å². The molecular weight excluding hydrogens is 436 g/mol. The molecule has 0 spiro atoms. The molecule has 2 aromatic rings. The minimum absolute atomic E-state index is 0.0119. The zero-order valence-electron chi connectivity index (χ0n) is 19.2. The van der Waals surface area contributed by atoms with E-state index in [9.17, 15) is 14.4 Å². The van der Waals surface area contributed by atoms with Crippen molar-refractivity contribution in [3.05, 3.63) is 59.7 Å². The number of carbonyl (C=O) groups is 3. The van der Waals surface area contributed by atoms with E-state index in [0.717, 1.165) is 35.5 Å². The van der Waals surface area contributed by atoms with Crippen molar-refractivity contribution in [2.45, 2.75) is 31.6 Å². The van der Waals surface area contributed by atoms with E-state index in [0.29, 0.717) is 13.0 Å². The van der Waals surface area contributed by atoms with Crippen LogP contribution in [0.25, 0.3) is 11.1 Å². The van der Waals surface area contributed by atoms with Crippen LogP contribution in [0.1, 0.15) is 42.7 Å². The number of benzene rings is 2. The molecule has 8 heteroatoms. The van der Waals surface area contributed by atoms with E-state index < -0.39 is 18.7 Å². The summed E-state index contributed by atoms with van der Waals surface area (Å²) in [6.07, 6.45) is 2.85. The fourth-order valence-corrected chi connectivity index (χ4v) is 5.09. The van der Waals surface area contributed by atoms with Crippen molar-refractivity contribution in [3.63, 3.8) is 0 Å². The first-order valence-corrected chi connectivity index (χ1v) is 11.7. The third kappa shape index (κ3) is 5.22. The van der Waals surface area contributed by atoms with Gasteiger partial charge in [-0.15, -0.1) is 0 Å². The lowest BCUT2D eigenvalue weighted by molar-refractivity contribution is -0.191. The van der Waals surface area contributed by atoms with Crippen molar-refractivity contribution in [1.29, 1.82) is 0 Å². The van der Waals surface area contributed by atoms with Gasteiger partial charge in [0, 0.05) is 25.4 Å². The molecule has 2 aromatic carbocycles. The number of hydrogen-bond donors (Lipinski definition) is 2. The first kappa shape index (κ1) is 23.8. The predicted octanol–water partition coefficient (Wildman–Crippen LogP) is 3.81. The number of carboxylic acids is 1. The molecule has 0 aromatic heterocycles. The van der Waals surface area contributed by atoms with Gasteiger partial charge < -0.3 is 15.2 Å². The van der Waals surface area contributed by atoms with Crippen molar-refractivity contribution < 1.29 is 29.1 Å². The Morgan fingerprint density at radius 1 is 1.00 bits per heavy atom. The number of carboxylic acid groups (broad SMARTS) is 1. The average molecular weight is 467 g/mol. The summed E-state index contributed by atoms with van der Waals surface area (Å²) >= 11 is 0. The number of ether oxygens (including phenoxy) is 1. The van der Waals surface area contributed by atoms with Crippen molar-refractivity contribution in [2.24, 2.45) is 11.8 Å². The highest BCUT2D eigenvalue weighted by molar-refractivity contribution is 5.79. The zero-order chi connectivity index (χ0) is 24.1. The van der Waals surface area contributed by atoms with Gasteiger partial charge in [-0.25, -0.2) is 14.7 Å². The number of nitrogens with zero attached hydrogens (tertiary/aromatic N) is 1. The van der Waals surface area contributed by atoms with Crippen LogP contribution in [-0.2, 0) is 19.2 Å². The SMILES string of the molecule is CN(OCC(=O)O)C(=O)C1CCCCC1CNC(=O)OCC1c2ccccc2-c2ccccc21. The number of nitrogens with one attached hydrogen (secondary N) is 1. The molecule has 0 aliphatic heterocycles. The van der Waals surface area contributed by atoms with Gasteiger partial charge in [0.1, 0.15) is 6.61 Å². The minimum atomic E-state index is -1.14. The van der Waals surface area contributed by atoms with E-state index in [1.54, 1.807) is 0 Å². The lowest BCUT2D eigenvalue weighted by atomic mass is 9.78. The molecule has 2 aliphatic rings. The fourth-order valence-electron chi connectivity index (χ4n) is 5.09. The van der Waals surface area contributed by atoms with Crippen molar-refractivity contribution in [1.82, 2.24) is 10.4 Å². The molecular formula is C26H30N2O6. The predicted molar refractivity (Wildman–Crippen MR) is 125 cm³/mol. The number of fused-ring (bicyclic) bond motifs is 3. The topological polar surface area (TPSA) is 105 Å². The van der Waals surface area contributed by atoms with Crippen LogP contribution in [0.2, 0.25) is 0 Å². The second-order valence-electron chi connectivity index (χ2n) is 8.86. The van der Waals surface area contributed by atoms with Crippen molar-refractivity contribution in [2.75, 3.05) is 26.8 Å². The van der Waals surface area contributed by atoms with Crippen LogP contribution in [-0.4, -0.2) is 54.9 Å². The summed E-state index contributed by atoms with van der Waals surface area (Å²) in [7, 11) is 1.43. The summed E-state index contributed by atoms with van der Waals surface area (Å²) in [6, 6.07) is 16.3. The molecule has 2 N–H and O–H groups in total. The lowest BCUT2D eigenvalue weighted by Crippen LogP contribution is -2.43. The molecule has 8 nitrogen and oxygen atoms in total. The molecule has 0 heterocycles. The first-order chi connectivity index (χ1) is 16.5. The Morgan fingerprint density at radius 2 is 1.62 bits per heavy atom. The average Bonchev–Trinajstić information content (AvgIpc) is 3.18. The molecule has 34 heavy (non-hydrogen) atoms. The van der Waals surface area contributed by atoms with Gasteiger partial charge in [0.15, 0.2) is 6.61 Å². The van der Waals surface area contributed by atoms with Gasteiger partial charge in [0.05, 0.1) is 0 Å². The molecule has 0 bridgehead atoms. The lowest BCUT2D eigenvalue weighted by Gasteiger charge is -2.32. The van der Waals surface area contributed by atoms with Gasteiger partial charge >= 0.3 is 12.1 Å². The van der Waals surface area contributed by atoms with Gasteiger partial charge in [-0.2, -0.15) is 0 Å². The highest BCUT2D eigenvalue weighted by Gasteiger charge is 2.34. The maximum absolute atomic E-state index is 12.8. The third-order valence-corrected chi connectivity index (χ3v) is 6.77. The molecule has 180 valence electrons. The number of carbonyl (C=O) groups excluding carboxylic acids is 2. The van der Waals surface area contributed by atoms with Gasteiger partial charge in [-0.1, -0.05) is 61.4 Å². The summed E-state index contributed by atoms with van der Waals surface area (Å²) in [5.41, 5.74) is 4.65. The highest BCUT2D eigenvalue weighted by Crippen LogP contribution is 2.44. The van der Waals surface area contributed by atoms with Crippen LogP contribution >= 0.6 is 0 Å². The van der Waals surface area contributed by atoms with Crippen LogP contribution in [0.15, 0.2) is 48.5 Å². The standard InChI is InChI=1S/C26H30N2O6/c1-28(34-16-24(29)30)25(31)18-9-3-2-8-17(18)14-27-26(32)33-15-23-21-12-6-4-10-19(21)20-11-5-7-13-22(20)23/h4-7,10-13,17-18,23H,2-3,8-9,14-16H2,1H3,(H,27,32)(H,29,30). The zero-order valence-corrected chi connectivity index (χ0v) is 19.2. The van der Waals surface area contributed by atoms with Crippen molar-refractivity contribution in [3.8, 4) is 11.1 Å². The number of aliphatic carboxylic acids is 1. The van der Waals surface area contributed by atoms with E-state index in [2.05, 4.69) is 29.6 Å². The van der Waals surface area contributed by atoms with Crippen molar-refractivity contribution >= 4 is 18.0 Å². The Labute approximate surface area is 198 Å². The summed E-state index contributed by atoms with van der Waals surface area (Å²) < 4.78 is 5.60. The number of alkyl carbamates (subject to hydrolysis) is 1.